The fourth-order valence-electron chi connectivity index (χ4n) is 2.15. The molecule has 8 heteroatoms. The molecule has 1 heterocycles. The predicted molar refractivity (Wildman–Crippen MR) is 81.8 cm³/mol. The van der Waals surface area contributed by atoms with E-state index in [-0.39, 0.29) is 15.7 Å². The Labute approximate surface area is 134 Å². The maximum Gasteiger partial charge on any atom is 0.347 e. The van der Waals surface area contributed by atoms with E-state index >= 15 is 0 Å². The first kappa shape index (κ1) is 17.1. The highest BCUT2D eigenvalue weighted by Crippen LogP contribution is 2.33. The number of sulfonamides is 1. The van der Waals surface area contributed by atoms with Crippen molar-refractivity contribution < 1.29 is 23.1 Å². The van der Waals surface area contributed by atoms with Gasteiger partial charge in [0, 0.05) is 18.1 Å². The number of benzene rings is 1. The van der Waals surface area contributed by atoms with E-state index in [9.17, 15) is 13.2 Å². The van der Waals surface area contributed by atoms with E-state index in [1.54, 1.807) is 0 Å². The molecule has 122 valence electrons. The summed E-state index contributed by atoms with van der Waals surface area (Å²) in [5.74, 6) is -1.20. The molecule has 0 spiro atoms. The molecule has 1 N–H and O–H groups in total. The Balaban J connectivity index is 2.46. The summed E-state index contributed by atoms with van der Waals surface area (Å²) >= 11 is 5.91. The number of halogens is 1. The van der Waals surface area contributed by atoms with Gasteiger partial charge in [0.15, 0.2) is 5.60 Å². The van der Waals surface area contributed by atoms with Gasteiger partial charge in [0.2, 0.25) is 10.0 Å². The molecular formula is C14H18ClNO5S. The van der Waals surface area contributed by atoms with Crippen molar-refractivity contribution in [1.29, 1.82) is 0 Å². The lowest BCUT2D eigenvalue weighted by molar-refractivity contribution is -0.152. The number of hydrogen-bond acceptors (Lipinski definition) is 4. The van der Waals surface area contributed by atoms with Gasteiger partial charge in [-0.1, -0.05) is 11.6 Å². The number of hydrogen-bond donors (Lipinski definition) is 1. The Hall–Kier alpha value is -1.31. The zero-order chi connectivity index (χ0) is 16.5. The molecule has 22 heavy (non-hydrogen) atoms. The molecule has 2 rings (SSSR count). The summed E-state index contributed by atoms with van der Waals surface area (Å²) in [7, 11) is -3.76. The average molecular weight is 348 g/mol. The summed E-state index contributed by atoms with van der Waals surface area (Å²) in [5.41, 5.74) is -1.55. The van der Waals surface area contributed by atoms with Crippen LogP contribution in [0.2, 0.25) is 5.02 Å². The van der Waals surface area contributed by atoms with Crippen LogP contribution in [0.1, 0.15) is 26.7 Å². The monoisotopic (exact) mass is 347 g/mol. The number of aliphatic carboxylic acids is 1. The second-order valence-corrected chi connectivity index (χ2v) is 7.96. The summed E-state index contributed by atoms with van der Waals surface area (Å²) < 4.78 is 32.2. The van der Waals surface area contributed by atoms with E-state index in [0.29, 0.717) is 13.1 Å². The van der Waals surface area contributed by atoms with Crippen LogP contribution in [0.5, 0.6) is 5.75 Å². The van der Waals surface area contributed by atoms with Crippen LogP contribution in [0.3, 0.4) is 0 Å². The van der Waals surface area contributed by atoms with Gasteiger partial charge in [-0.05, 0) is 44.9 Å². The Morgan fingerprint density at radius 3 is 2.45 bits per heavy atom. The van der Waals surface area contributed by atoms with Crippen molar-refractivity contribution in [1.82, 2.24) is 4.31 Å². The normalized spacial score (nSPS) is 16.7. The summed E-state index contributed by atoms with van der Waals surface area (Å²) in [4.78, 5) is 11.1. The first-order valence-corrected chi connectivity index (χ1v) is 8.68. The van der Waals surface area contributed by atoms with Gasteiger partial charge >= 0.3 is 5.97 Å². The minimum Gasteiger partial charge on any atom is -0.478 e. The van der Waals surface area contributed by atoms with Gasteiger partial charge < -0.3 is 9.84 Å². The molecule has 1 fully saturated rings. The average Bonchev–Trinajstić information content (AvgIpc) is 2.95. The van der Waals surface area contributed by atoms with Crippen molar-refractivity contribution >= 4 is 27.6 Å². The molecule has 0 atom stereocenters. The maximum absolute atomic E-state index is 12.7. The summed E-state index contributed by atoms with van der Waals surface area (Å²) in [6.07, 6.45) is 1.60. The van der Waals surface area contributed by atoms with Crippen LogP contribution in [-0.2, 0) is 14.8 Å². The quantitative estimate of drug-likeness (QED) is 0.884. The highest BCUT2D eigenvalue weighted by molar-refractivity contribution is 7.89. The Bertz CT molecular complexity index is 680. The molecular weight excluding hydrogens is 330 g/mol. The van der Waals surface area contributed by atoms with E-state index < -0.39 is 21.6 Å². The van der Waals surface area contributed by atoms with E-state index in [2.05, 4.69) is 0 Å². The van der Waals surface area contributed by atoms with Gasteiger partial charge in [0.05, 0.1) is 0 Å². The minimum absolute atomic E-state index is 0.0105. The number of carboxylic acids is 1. The lowest BCUT2D eigenvalue weighted by Crippen LogP contribution is -2.38. The summed E-state index contributed by atoms with van der Waals surface area (Å²) in [5, 5.41) is 9.40. The highest BCUT2D eigenvalue weighted by atomic mass is 35.5. The number of rotatable bonds is 5. The van der Waals surface area contributed by atoms with E-state index in [4.69, 9.17) is 21.4 Å². The number of carboxylic acid groups (broad SMARTS) is 1. The van der Waals surface area contributed by atoms with Crippen LogP contribution in [0.25, 0.3) is 0 Å². The van der Waals surface area contributed by atoms with Crippen LogP contribution < -0.4 is 4.74 Å². The molecule has 0 radical (unpaired) electrons. The number of nitrogens with zero attached hydrogens (tertiary/aromatic N) is 1. The number of ether oxygens (including phenoxy) is 1. The first-order chi connectivity index (χ1) is 10.1. The van der Waals surface area contributed by atoms with Gasteiger partial charge in [0.25, 0.3) is 0 Å². The van der Waals surface area contributed by atoms with Gasteiger partial charge in [-0.25, -0.2) is 13.2 Å². The first-order valence-electron chi connectivity index (χ1n) is 6.87. The molecule has 0 amide bonds. The Morgan fingerprint density at radius 1 is 1.32 bits per heavy atom. The highest BCUT2D eigenvalue weighted by Gasteiger charge is 2.35. The van der Waals surface area contributed by atoms with E-state index in [1.165, 1.54) is 36.4 Å². The lowest BCUT2D eigenvalue weighted by atomic mass is 10.1. The predicted octanol–water partition coefficient (Wildman–Crippen LogP) is 2.37. The Kier molecular flexibility index (Phi) is 4.70. The van der Waals surface area contributed by atoms with Crippen molar-refractivity contribution in [3.05, 3.63) is 23.2 Å². The molecule has 0 bridgehead atoms. The molecule has 1 aliphatic heterocycles. The second kappa shape index (κ2) is 6.06. The second-order valence-electron chi connectivity index (χ2n) is 5.62. The maximum atomic E-state index is 12.7. The van der Waals surface area contributed by atoms with Crippen LogP contribution in [0, 0.1) is 0 Å². The largest absolute Gasteiger partial charge is 0.478 e. The van der Waals surface area contributed by atoms with Gasteiger partial charge in [-0.15, -0.1) is 0 Å². The summed E-state index contributed by atoms with van der Waals surface area (Å²) in [6, 6.07) is 4.15. The molecule has 1 aliphatic rings. The zero-order valence-corrected chi connectivity index (χ0v) is 13.9. The molecule has 1 saturated heterocycles. The van der Waals surface area contributed by atoms with Crippen molar-refractivity contribution in [3.8, 4) is 5.75 Å². The van der Waals surface area contributed by atoms with Gasteiger partial charge in [-0.2, -0.15) is 4.31 Å². The topological polar surface area (TPSA) is 83.9 Å². The van der Waals surface area contributed by atoms with Gasteiger partial charge in [0.1, 0.15) is 10.6 Å². The fourth-order valence-corrected chi connectivity index (χ4v) is 4.05. The van der Waals surface area contributed by atoms with Crippen LogP contribution >= 0.6 is 11.6 Å². The number of carbonyl (C=O) groups is 1. The Morgan fingerprint density at radius 2 is 1.91 bits per heavy atom. The van der Waals surface area contributed by atoms with Crippen LogP contribution in [0.4, 0.5) is 0 Å². The standard InChI is InChI=1S/C14H18ClNO5S/c1-14(2,13(17)18)21-11-6-5-10(15)9-12(11)22(19,20)16-7-3-4-8-16/h5-6,9H,3-4,7-8H2,1-2H3,(H,17,18). The van der Waals surface area contributed by atoms with Crippen molar-refractivity contribution in [2.75, 3.05) is 13.1 Å². The molecule has 0 unspecified atom stereocenters. The SMILES string of the molecule is CC(C)(Oc1ccc(Cl)cc1S(=O)(=O)N1CCCC1)C(=O)O. The zero-order valence-electron chi connectivity index (χ0n) is 12.4. The third-order valence-electron chi connectivity index (χ3n) is 3.47. The molecule has 1 aromatic rings. The molecule has 1 aromatic carbocycles. The molecule has 0 aromatic heterocycles. The lowest BCUT2D eigenvalue weighted by Gasteiger charge is -2.24. The minimum atomic E-state index is -3.76. The molecule has 0 aliphatic carbocycles. The molecule has 6 nitrogen and oxygen atoms in total. The van der Waals surface area contributed by atoms with E-state index in [1.807, 2.05) is 0 Å². The van der Waals surface area contributed by atoms with Crippen molar-refractivity contribution in [3.63, 3.8) is 0 Å². The van der Waals surface area contributed by atoms with Crippen molar-refractivity contribution in [2.24, 2.45) is 0 Å². The van der Waals surface area contributed by atoms with Crippen LogP contribution in [-0.4, -0.2) is 42.5 Å². The molecule has 0 saturated carbocycles. The van der Waals surface area contributed by atoms with Crippen molar-refractivity contribution in [2.45, 2.75) is 37.2 Å². The third-order valence-corrected chi connectivity index (χ3v) is 5.62. The smallest absolute Gasteiger partial charge is 0.347 e. The van der Waals surface area contributed by atoms with Crippen LogP contribution in [0.15, 0.2) is 23.1 Å². The third kappa shape index (κ3) is 3.37. The van der Waals surface area contributed by atoms with Gasteiger partial charge in [-0.3, -0.25) is 0 Å². The summed E-state index contributed by atoms with van der Waals surface area (Å²) in [6.45, 7) is 3.60. The van der Waals surface area contributed by atoms with E-state index in [0.717, 1.165) is 12.8 Å². The fraction of sp³-hybridized carbons (Fsp3) is 0.500.